The molecule has 0 radical (unpaired) electrons. The summed E-state index contributed by atoms with van der Waals surface area (Å²) in [6.45, 7) is 1.88. The van der Waals surface area contributed by atoms with E-state index in [2.05, 4.69) is 24.9 Å². The largest absolute Gasteiger partial charge is 0.495 e. The summed E-state index contributed by atoms with van der Waals surface area (Å²) in [5.74, 6) is 0.715. The molecule has 2 N–H and O–H groups in total. The molecule has 0 saturated carbocycles. The molecule has 0 atom stereocenters. The minimum atomic E-state index is 0.423. The van der Waals surface area contributed by atoms with Crippen LogP contribution in [0.4, 0.5) is 5.69 Å². The zero-order valence-corrected chi connectivity index (χ0v) is 11.1. The van der Waals surface area contributed by atoms with Crippen molar-refractivity contribution in [1.29, 1.82) is 0 Å². The van der Waals surface area contributed by atoms with Crippen molar-refractivity contribution in [1.82, 2.24) is 20.3 Å². The van der Waals surface area contributed by atoms with Gasteiger partial charge in [-0.15, -0.1) is 0 Å². The molecule has 0 amide bonds. The van der Waals surface area contributed by atoms with Crippen molar-refractivity contribution in [2.75, 3.05) is 12.8 Å². The monoisotopic (exact) mass is 271 g/mol. The number of nitrogens with zero attached hydrogens (tertiary/aromatic N) is 4. The summed E-state index contributed by atoms with van der Waals surface area (Å²) in [5.41, 5.74) is 10.1. The second-order valence-electron chi connectivity index (χ2n) is 4.39. The maximum Gasteiger partial charge on any atom is 0.226 e. The number of hydrogen-bond donors (Lipinski definition) is 1. The predicted molar refractivity (Wildman–Crippen MR) is 72.3 cm³/mol. The third kappa shape index (κ3) is 2.03. The Hall–Kier alpha value is -2.70. The molecule has 20 heavy (non-hydrogen) atoms. The van der Waals surface area contributed by atoms with Crippen LogP contribution in [0, 0.1) is 6.92 Å². The van der Waals surface area contributed by atoms with E-state index in [1.165, 1.54) is 0 Å². The molecule has 0 aliphatic rings. The van der Waals surface area contributed by atoms with E-state index in [4.69, 9.17) is 10.5 Å². The first kappa shape index (κ1) is 12.3. The van der Waals surface area contributed by atoms with Crippen LogP contribution >= 0.6 is 0 Å². The van der Waals surface area contributed by atoms with Gasteiger partial charge in [0, 0.05) is 23.4 Å². The Bertz CT molecular complexity index is 751. The van der Waals surface area contributed by atoms with Crippen LogP contribution in [-0.2, 0) is 6.42 Å². The standard InChI is InChI=1S/C13H13N5O2/c1-7-10(5-8-3-4-9(19-2)6-15-8)11(14)12-13(16-7)18-20-17-12/h3-4,6H,5,14H2,1-2H3. The zero-order chi connectivity index (χ0) is 14.1. The van der Waals surface area contributed by atoms with Crippen molar-refractivity contribution in [3.05, 3.63) is 35.3 Å². The second kappa shape index (κ2) is 4.76. The molecule has 0 unspecified atom stereocenters. The van der Waals surface area contributed by atoms with Gasteiger partial charge in [0.05, 0.1) is 19.0 Å². The molecule has 7 nitrogen and oxygen atoms in total. The zero-order valence-electron chi connectivity index (χ0n) is 11.1. The molecule has 3 rings (SSSR count). The van der Waals surface area contributed by atoms with E-state index in [9.17, 15) is 0 Å². The number of pyridine rings is 2. The SMILES string of the molecule is COc1ccc(Cc2c(C)nc3nonc3c2N)nc1. The van der Waals surface area contributed by atoms with Crippen LogP contribution in [0.1, 0.15) is 17.0 Å². The van der Waals surface area contributed by atoms with Crippen molar-refractivity contribution in [2.45, 2.75) is 13.3 Å². The van der Waals surface area contributed by atoms with Gasteiger partial charge in [-0.05, 0) is 29.4 Å². The van der Waals surface area contributed by atoms with Gasteiger partial charge in [0.25, 0.3) is 0 Å². The number of anilines is 1. The first-order valence-electron chi connectivity index (χ1n) is 6.05. The fourth-order valence-corrected chi connectivity index (χ4v) is 2.03. The average Bonchev–Trinajstić information content (AvgIpc) is 2.92. The first-order chi connectivity index (χ1) is 9.69. The van der Waals surface area contributed by atoms with Crippen LogP contribution in [0.2, 0.25) is 0 Å². The summed E-state index contributed by atoms with van der Waals surface area (Å²) in [4.78, 5) is 8.65. The van der Waals surface area contributed by atoms with Gasteiger partial charge in [-0.2, -0.15) is 0 Å². The lowest BCUT2D eigenvalue weighted by Gasteiger charge is -2.08. The predicted octanol–water partition coefficient (Wildman–Crippen LogP) is 1.50. The van der Waals surface area contributed by atoms with Crippen LogP contribution in [0.25, 0.3) is 11.2 Å². The number of aryl methyl sites for hydroxylation is 1. The van der Waals surface area contributed by atoms with Crippen LogP contribution in [0.3, 0.4) is 0 Å². The smallest absolute Gasteiger partial charge is 0.226 e. The number of ether oxygens (including phenoxy) is 1. The second-order valence-corrected chi connectivity index (χ2v) is 4.39. The summed E-state index contributed by atoms with van der Waals surface area (Å²) in [6.07, 6.45) is 2.24. The van der Waals surface area contributed by atoms with Crippen molar-refractivity contribution in [3.63, 3.8) is 0 Å². The highest BCUT2D eigenvalue weighted by Gasteiger charge is 2.15. The average molecular weight is 271 g/mol. The van der Waals surface area contributed by atoms with E-state index < -0.39 is 0 Å². The topological polar surface area (TPSA) is 100.0 Å². The van der Waals surface area contributed by atoms with Gasteiger partial charge in [0.2, 0.25) is 5.65 Å². The lowest BCUT2D eigenvalue weighted by molar-refractivity contribution is 0.315. The van der Waals surface area contributed by atoms with E-state index in [0.717, 1.165) is 17.0 Å². The normalized spacial score (nSPS) is 10.9. The van der Waals surface area contributed by atoms with Crippen LogP contribution in [0.15, 0.2) is 23.0 Å². The lowest BCUT2D eigenvalue weighted by Crippen LogP contribution is -2.03. The molecule has 3 aromatic rings. The molecule has 102 valence electrons. The van der Waals surface area contributed by atoms with Crippen molar-refractivity contribution >= 4 is 16.9 Å². The summed E-state index contributed by atoms with van der Waals surface area (Å²) in [5, 5.41) is 7.48. The van der Waals surface area contributed by atoms with E-state index >= 15 is 0 Å². The number of rotatable bonds is 3. The molecule has 3 heterocycles. The fraction of sp³-hybridized carbons (Fsp3) is 0.231. The molecule has 0 aliphatic carbocycles. The number of aromatic nitrogens is 4. The van der Waals surface area contributed by atoms with Crippen LogP contribution < -0.4 is 10.5 Å². The fourth-order valence-electron chi connectivity index (χ4n) is 2.03. The minimum Gasteiger partial charge on any atom is -0.495 e. The molecule has 7 heteroatoms. The summed E-state index contributed by atoms with van der Waals surface area (Å²) < 4.78 is 9.75. The van der Waals surface area contributed by atoms with Gasteiger partial charge < -0.3 is 10.5 Å². The lowest BCUT2D eigenvalue weighted by atomic mass is 10.1. The number of nitrogen functional groups attached to an aromatic ring is 1. The van der Waals surface area contributed by atoms with Gasteiger partial charge in [0.1, 0.15) is 5.75 Å². The molecule has 0 spiro atoms. The highest BCUT2D eigenvalue weighted by Crippen LogP contribution is 2.25. The van der Waals surface area contributed by atoms with E-state index in [1.54, 1.807) is 13.3 Å². The van der Waals surface area contributed by atoms with Crippen LogP contribution in [-0.4, -0.2) is 27.4 Å². The van der Waals surface area contributed by atoms with Gasteiger partial charge in [-0.25, -0.2) is 9.61 Å². The Kier molecular flexibility index (Phi) is 2.94. The molecule has 0 fully saturated rings. The Labute approximate surface area is 114 Å². The summed E-state index contributed by atoms with van der Waals surface area (Å²) >= 11 is 0. The summed E-state index contributed by atoms with van der Waals surface area (Å²) in [7, 11) is 1.61. The Morgan fingerprint density at radius 3 is 2.85 bits per heavy atom. The first-order valence-corrected chi connectivity index (χ1v) is 6.05. The van der Waals surface area contributed by atoms with E-state index in [1.807, 2.05) is 19.1 Å². The molecule has 0 aromatic carbocycles. The quantitative estimate of drug-likeness (QED) is 0.770. The molecule has 3 aromatic heterocycles. The highest BCUT2D eigenvalue weighted by molar-refractivity contribution is 5.85. The molecule has 0 bridgehead atoms. The molecular formula is C13H13N5O2. The van der Waals surface area contributed by atoms with Gasteiger partial charge in [-0.3, -0.25) is 4.98 Å². The number of methoxy groups -OCH3 is 1. The third-order valence-corrected chi connectivity index (χ3v) is 3.15. The number of nitrogens with two attached hydrogens (primary N) is 1. The van der Waals surface area contributed by atoms with E-state index in [0.29, 0.717) is 29.0 Å². The van der Waals surface area contributed by atoms with Gasteiger partial charge >= 0.3 is 0 Å². The van der Waals surface area contributed by atoms with Crippen molar-refractivity contribution < 1.29 is 9.37 Å². The van der Waals surface area contributed by atoms with E-state index in [-0.39, 0.29) is 0 Å². The van der Waals surface area contributed by atoms with Gasteiger partial charge in [0.15, 0.2) is 5.52 Å². The molecule has 0 saturated heterocycles. The minimum absolute atomic E-state index is 0.423. The molecular weight excluding hydrogens is 258 g/mol. The third-order valence-electron chi connectivity index (χ3n) is 3.15. The maximum absolute atomic E-state index is 6.11. The number of hydrogen-bond acceptors (Lipinski definition) is 7. The van der Waals surface area contributed by atoms with Crippen LogP contribution in [0.5, 0.6) is 5.75 Å². The van der Waals surface area contributed by atoms with Gasteiger partial charge in [-0.1, -0.05) is 0 Å². The highest BCUT2D eigenvalue weighted by atomic mass is 16.6. The Morgan fingerprint density at radius 2 is 2.15 bits per heavy atom. The maximum atomic E-state index is 6.11. The summed E-state index contributed by atoms with van der Waals surface area (Å²) in [6, 6.07) is 3.75. The Balaban J connectivity index is 2.00. The van der Waals surface area contributed by atoms with Crippen molar-refractivity contribution in [3.8, 4) is 5.75 Å². The molecule has 0 aliphatic heterocycles. The van der Waals surface area contributed by atoms with Crippen molar-refractivity contribution in [2.24, 2.45) is 0 Å². The Morgan fingerprint density at radius 1 is 1.30 bits per heavy atom. The number of fused-ring (bicyclic) bond motifs is 1.